The Hall–Kier alpha value is -2.75. The van der Waals surface area contributed by atoms with E-state index in [1.165, 1.54) is 0 Å². The number of aromatic carboxylic acids is 1. The molecule has 2 aromatic carbocycles. The van der Waals surface area contributed by atoms with Crippen molar-refractivity contribution in [1.82, 2.24) is 0 Å². The molecule has 0 spiro atoms. The average molecular weight is 361 g/mol. The van der Waals surface area contributed by atoms with Gasteiger partial charge in [0.1, 0.15) is 11.3 Å². The number of sulfonamides is 1. The maximum atomic E-state index is 12.7. The molecule has 3 N–H and O–H groups in total. The quantitative estimate of drug-likeness (QED) is 0.777. The zero-order valence-corrected chi connectivity index (χ0v) is 12.5. The standard InChI is InChI=1S/C14H10F3NO5S/c15-14(16,17)8-2-1-3-10(6-8)24(22,23)18-9-4-5-11(13(20)21)12(19)7-9/h1-7,18-19H,(H,20,21). The van der Waals surface area contributed by atoms with Crippen LogP contribution in [0.25, 0.3) is 0 Å². The summed E-state index contributed by atoms with van der Waals surface area (Å²) in [7, 11) is -4.35. The van der Waals surface area contributed by atoms with Gasteiger partial charge in [-0.15, -0.1) is 0 Å². The molecule has 0 saturated heterocycles. The van der Waals surface area contributed by atoms with Crippen LogP contribution >= 0.6 is 0 Å². The fourth-order valence-electron chi connectivity index (χ4n) is 1.83. The first kappa shape index (κ1) is 17.6. The number of hydrogen-bond donors (Lipinski definition) is 3. The van der Waals surface area contributed by atoms with Gasteiger partial charge in [0.25, 0.3) is 10.0 Å². The summed E-state index contributed by atoms with van der Waals surface area (Å²) in [6, 6.07) is 5.98. The molecule has 128 valence electrons. The third-order valence-corrected chi connectivity index (χ3v) is 4.33. The predicted octanol–water partition coefficient (Wildman–Crippen LogP) is 2.91. The summed E-state index contributed by atoms with van der Waals surface area (Å²) in [5, 5.41) is 18.3. The minimum atomic E-state index is -4.70. The monoisotopic (exact) mass is 361 g/mol. The first-order valence-corrected chi connectivity index (χ1v) is 7.75. The molecule has 2 rings (SSSR count). The van der Waals surface area contributed by atoms with Gasteiger partial charge in [-0.3, -0.25) is 4.72 Å². The molecule has 6 nitrogen and oxygen atoms in total. The molecule has 10 heteroatoms. The van der Waals surface area contributed by atoms with Crippen LogP contribution in [0.4, 0.5) is 18.9 Å². The maximum Gasteiger partial charge on any atom is 0.416 e. The molecule has 0 atom stereocenters. The van der Waals surface area contributed by atoms with Gasteiger partial charge in [0, 0.05) is 6.07 Å². The van der Waals surface area contributed by atoms with Crippen molar-refractivity contribution in [3.8, 4) is 5.75 Å². The molecule has 0 saturated carbocycles. The van der Waals surface area contributed by atoms with Crippen LogP contribution in [0.1, 0.15) is 15.9 Å². The van der Waals surface area contributed by atoms with Crippen molar-refractivity contribution >= 4 is 21.7 Å². The summed E-state index contributed by atoms with van der Waals surface area (Å²) in [5.74, 6) is -2.11. The smallest absolute Gasteiger partial charge is 0.416 e. The van der Waals surface area contributed by atoms with Crippen molar-refractivity contribution < 1.29 is 36.6 Å². The number of nitrogens with one attached hydrogen (secondary N) is 1. The number of alkyl halides is 3. The van der Waals surface area contributed by atoms with Crippen LogP contribution in [0.15, 0.2) is 47.4 Å². The van der Waals surface area contributed by atoms with Gasteiger partial charge >= 0.3 is 12.1 Å². The highest BCUT2D eigenvalue weighted by Crippen LogP contribution is 2.31. The van der Waals surface area contributed by atoms with Gasteiger partial charge in [0.2, 0.25) is 0 Å². The molecule has 0 aliphatic rings. The molecular formula is C14H10F3NO5S. The second-order valence-corrected chi connectivity index (χ2v) is 6.35. The van der Waals surface area contributed by atoms with Gasteiger partial charge in [0.05, 0.1) is 16.1 Å². The molecule has 0 bridgehead atoms. The van der Waals surface area contributed by atoms with E-state index >= 15 is 0 Å². The number of rotatable bonds is 4. The second-order valence-electron chi connectivity index (χ2n) is 4.67. The molecule has 0 aromatic heterocycles. The van der Waals surface area contributed by atoms with Crippen LogP contribution in [0, 0.1) is 0 Å². The zero-order valence-electron chi connectivity index (χ0n) is 11.7. The maximum absolute atomic E-state index is 12.7. The number of carbonyl (C=O) groups is 1. The summed E-state index contributed by atoms with van der Waals surface area (Å²) >= 11 is 0. The molecule has 0 fully saturated rings. The van der Waals surface area contributed by atoms with Gasteiger partial charge in [0.15, 0.2) is 0 Å². The third kappa shape index (κ3) is 3.77. The summed E-state index contributed by atoms with van der Waals surface area (Å²) in [4.78, 5) is 10.1. The van der Waals surface area contributed by atoms with Crippen molar-refractivity contribution in [3.63, 3.8) is 0 Å². The average Bonchev–Trinajstić information content (AvgIpc) is 2.45. The molecule has 0 heterocycles. The molecule has 24 heavy (non-hydrogen) atoms. The van der Waals surface area contributed by atoms with Crippen LogP contribution in [0.3, 0.4) is 0 Å². The van der Waals surface area contributed by atoms with E-state index in [0.717, 1.165) is 36.4 Å². The lowest BCUT2D eigenvalue weighted by molar-refractivity contribution is -0.137. The normalized spacial score (nSPS) is 12.0. The molecule has 0 unspecified atom stereocenters. The Morgan fingerprint density at radius 1 is 1.08 bits per heavy atom. The highest BCUT2D eigenvalue weighted by Gasteiger charge is 2.31. The van der Waals surface area contributed by atoms with Crippen molar-refractivity contribution in [3.05, 3.63) is 53.6 Å². The van der Waals surface area contributed by atoms with Gasteiger partial charge in [-0.05, 0) is 30.3 Å². The number of phenols is 1. The lowest BCUT2D eigenvalue weighted by atomic mass is 10.2. The van der Waals surface area contributed by atoms with Crippen molar-refractivity contribution in [2.75, 3.05) is 4.72 Å². The number of carboxylic acid groups (broad SMARTS) is 1. The van der Waals surface area contributed by atoms with E-state index in [2.05, 4.69) is 0 Å². The summed E-state index contributed by atoms with van der Waals surface area (Å²) in [6.07, 6.45) is -4.70. The zero-order chi connectivity index (χ0) is 18.1. The Labute approximate surface area is 134 Å². The van der Waals surface area contributed by atoms with Crippen molar-refractivity contribution in [2.24, 2.45) is 0 Å². The fraction of sp³-hybridized carbons (Fsp3) is 0.0714. The van der Waals surface area contributed by atoms with E-state index in [1.807, 2.05) is 4.72 Å². The summed E-state index contributed by atoms with van der Waals surface area (Å²) < 4.78 is 64.2. The molecule has 0 radical (unpaired) electrons. The largest absolute Gasteiger partial charge is 0.507 e. The fourth-order valence-corrected chi connectivity index (χ4v) is 2.92. The van der Waals surface area contributed by atoms with Crippen molar-refractivity contribution in [1.29, 1.82) is 0 Å². The minimum absolute atomic E-state index is 0.199. The molecule has 0 aliphatic heterocycles. The van der Waals surface area contributed by atoms with E-state index < -0.39 is 43.9 Å². The van der Waals surface area contributed by atoms with E-state index in [-0.39, 0.29) is 5.69 Å². The third-order valence-electron chi connectivity index (χ3n) is 2.95. The number of hydrogen-bond acceptors (Lipinski definition) is 4. The van der Waals surface area contributed by atoms with Gasteiger partial charge < -0.3 is 10.2 Å². The number of halogens is 3. The Kier molecular flexibility index (Phi) is 4.43. The highest BCUT2D eigenvalue weighted by molar-refractivity contribution is 7.92. The van der Waals surface area contributed by atoms with Crippen LogP contribution in [-0.4, -0.2) is 24.6 Å². The Morgan fingerprint density at radius 3 is 2.29 bits per heavy atom. The number of benzene rings is 2. The van der Waals surface area contributed by atoms with Crippen molar-refractivity contribution in [2.45, 2.75) is 11.1 Å². The second kappa shape index (κ2) is 6.04. The van der Waals surface area contributed by atoms with Crippen LogP contribution < -0.4 is 4.72 Å². The van der Waals surface area contributed by atoms with Gasteiger partial charge in [-0.2, -0.15) is 13.2 Å². The molecule has 2 aromatic rings. The Bertz CT molecular complexity index is 894. The summed E-state index contributed by atoms with van der Waals surface area (Å²) in [6.45, 7) is 0. The predicted molar refractivity (Wildman–Crippen MR) is 77.3 cm³/mol. The SMILES string of the molecule is O=C(O)c1ccc(NS(=O)(=O)c2cccc(C(F)(F)F)c2)cc1O. The van der Waals surface area contributed by atoms with Crippen LogP contribution in [0.5, 0.6) is 5.75 Å². The highest BCUT2D eigenvalue weighted by atomic mass is 32.2. The van der Waals surface area contributed by atoms with Gasteiger partial charge in [-0.1, -0.05) is 6.07 Å². The molecule has 0 aliphatic carbocycles. The number of carboxylic acids is 1. The topological polar surface area (TPSA) is 104 Å². The Morgan fingerprint density at radius 2 is 1.75 bits per heavy atom. The van der Waals surface area contributed by atoms with E-state index in [9.17, 15) is 31.5 Å². The van der Waals surface area contributed by atoms with E-state index in [1.54, 1.807) is 0 Å². The lowest BCUT2D eigenvalue weighted by Gasteiger charge is -2.11. The first-order chi connectivity index (χ1) is 11.0. The Balaban J connectivity index is 2.36. The molecular weight excluding hydrogens is 351 g/mol. The minimum Gasteiger partial charge on any atom is -0.507 e. The van der Waals surface area contributed by atoms with Crippen LogP contribution in [-0.2, 0) is 16.2 Å². The van der Waals surface area contributed by atoms with Crippen LogP contribution in [0.2, 0.25) is 0 Å². The lowest BCUT2D eigenvalue weighted by Crippen LogP contribution is -2.14. The number of aromatic hydroxyl groups is 1. The summed E-state index contributed by atoms with van der Waals surface area (Å²) in [5.41, 5.74) is -1.78. The molecule has 0 amide bonds. The van der Waals surface area contributed by atoms with Gasteiger partial charge in [-0.25, -0.2) is 13.2 Å². The van der Waals surface area contributed by atoms with E-state index in [0.29, 0.717) is 6.07 Å². The van der Waals surface area contributed by atoms with E-state index in [4.69, 9.17) is 5.11 Å². The first-order valence-electron chi connectivity index (χ1n) is 6.27. The number of anilines is 1.